The first kappa shape index (κ1) is 38.8. The van der Waals surface area contributed by atoms with E-state index in [1.165, 1.54) is 16.3 Å². The van der Waals surface area contributed by atoms with Gasteiger partial charge in [0, 0.05) is 42.9 Å². The smallest absolute Gasteiger partial charge is 0.216 e. The Labute approximate surface area is 343 Å². The average Bonchev–Trinajstić information content (AvgIpc) is 3.80. The normalized spacial score (nSPS) is 11.5. The van der Waals surface area contributed by atoms with Gasteiger partial charge >= 0.3 is 0 Å². The first-order chi connectivity index (χ1) is 26.7. The van der Waals surface area contributed by atoms with Crippen LogP contribution in [-0.2, 0) is 26.5 Å². The van der Waals surface area contributed by atoms with Crippen LogP contribution in [0.2, 0.25) is 19.6 Å². The molecule has 7 heteroatoms. The van der Waals surface area contributed by atoms with E-state index in [0.717, 1.165) is 73.4 Å². The van der Waals surface area contributed by atoms with Crippen molar-refractivity contribution in [3.05, 3.63) is 163 Å². The van der Waals surface area contributed by atoms with E-state index in [2.05, 4.69) is 147 Å². The van der Waals surface area contributed by atoms with E-state index >= 15 is 0 Å². The second-order valence-corrected chi connectivity index (χ2v) is 20.2. The summed E-state index contributed by atoms with van der Waals surface area (Å²) in [5.74, 6) is 1.16. The maximum atomic E-state index is 6.47. The van der Waals surface area contributed by atoms with Gasteiger partial charge in [-0.15, -0.1) is 54.1 Å². The summed E-state index contributed by atoms with van der Waals surface area (Å²) in [7, 11) is -1.30. The van der Waals surface area contributed by atoms with Crippen molar-refractivity contribution < 1.29 is 24.5 Å². The van der Waals surface area contributed by atoms with Crippen LogP contribution in [0.15, 0.2) is 144 Å². The number of hydrogen-bond donors (Lipinski definition) is 0. The third kappa shape index (κ3) is 7.55. The number of para-hydroxylation sites is 2. The maximum absolute atomic E-state index is 6.47. The van der Waals surface area contributed by atoms with Gasteiger partial charge in [0.2, 0.25) is 5.71 Å². The number of furan rings is 1. The SMILES string of the molecule is CC(C)c1cccc2nc(-c3[c-]ccc4c3oc3nc(-c5ccccc5)ccc34)n(-c3ccccc3)c12.CCc1cc(-c2[c-]cccc2)ncc1[Si](C)(C)C.[Ir]. The minimum atomic E-state index is -1.30. The number of benzene rings is 5. The molecule has 0 aliphatic carbocycles. The number of hydrogen-bond acceptors (Lipinski definition) is 4. The molecule has 0 N–H and O–H groups in total. The standard InChI is InChI=1S/C33H24N3O.C16H20NSi.Ir/c1-21(2)24-15-10-18-29-30(24)36(23-13-7-4-8-14-23)32(34-29)27-17-9-16-25-26-19-20-28(22-11-5-3-6-12-22)35-33(26)37-31(25)27;1-5-13-11-15(14-9-7-6-8-10-14)17-12-16(13)18(2,3)4;/h3-16,18-21H,1-2H3;6-9,11-12H,5H2,1-4H3;/q2*-1;. The summed E-state index contributed by atoms with van der Waals surface area (Å²) >= 11 is 0. The Morgan fingerprint density at radius 1 is 0.732 bits per heavy atom. The monoisotopic (exact) mass is 925 g/mol. The van der Waals surface area contributed by atoms with Crippen LogP contribution in [0.3, 0.4) is 0 Å². The van der Waals surface area contributed by atoms with Crippen molar-refractivity contribution in [3.63, 3.8) is 0 Å². The predicted molar refractivity (Wildman–Crippen MR) is 231 cm³/mol. The topological polar surface area (TPSA) is 56.7 Å². The molecule has 0 atom stereocenters. The molecule has 5 aromatic carbocycles. The molecule has 4 aromatic heterocycles. The molecule has 5 nitrogen and oxygen atoms in total. The second kappa shape index (κ2) is 16.3. The molecule has 0 aliphatic rings. The van der Waals surface area contributed by atoms with Crippen molar-refractivity contribution in [1.29, 1.82) is 0 Å². The van der Waals surface area contributed by atoms with Crippen molar-refractivity contribution in [2.24, 2.45) is 0 Å². The summed E-state index contributed by atoms with van der Waals surface area (Å²) in [6, 6.07) is 52.0. The third-order valence-electron chi connectivity index (χ3n) is 10.1. The first-order valence-corrected chi connectivity index (χ1v) is 22.5. The van der Waals surface area contributed by atoms with E-state index in [9.17, 15) is 0 Å². The Bertz CT molecular complexity index is 2750. The average molecular weight is 925 g/mol. The Hall–Kier alpha value is -5.46. The van der Waals surface area contributed by atoms with Crippen LogP contribution in [0.1, 0.15) is 37.8 Å². The molecule has 0 fully saturated rings. The molecule has 281 valence electrons. The number of rotatable bonds is 7. The van der Waals surface area contributed by atoms with E-state index in [1.54, 1.807) is 0 Å². The molecular formula is C49H44IrN4OSi-2. The molecule has 9 rings (SSSR count). The van der Waals surface area contributed by atoms with E-state index in [-0.39, 0.29) is 20.1 Å². The summed E-state index contributed by atoms with van der Waals surface area (Å²) in [4.78, 5) is 14.6. The zero-order chi connectivity index (χ0) is 38.1. The van der Waals surface area contributed by atoms with Crippen LogP contribution in [0.4, 0.5) is 0 Å². The molecule has 0 spiro atoms. The molecule has 0 aliphatic heterocycles. The number of fused-ring (bicyclic) bond motifs is 4. The number of pyridine rings is 2. The van der Waals surface area contributed by atoms with Gasteiger partial charge in [-0.25, -0.2) is 4.98 Å². The molecule has 56 heavy (non-hydrogen) atoms. The summed E-state index contributed by atoms with van der Waals surface area (Å²) < 4.78 is 8.71. The van der Waals surface area contributed by atoms with Crippen LogP contribution in [-0.4, -0.2) is 27.6 Å². The number of aromatic nitrogens is 4. The van der Waals surface area contributed by atoms with Crippen LogP contribution >= 0.6 is 0 Å². The Morgan fingerprint density at radius 2 is 1.48 bits per heavy atom. The molecule has 0 amide bonds. The summed E-state index contributed by atoms with van der Waals surface area (Å²) in [5.41, 5.74) is 12.1. The van der Waals surface area contributed by atoms with E-state index in [1.807, 2.05) is 54.6 Å². The number of nitrogens with zero attached hydrogens (tertiary/aromatic N) is 4. The van der Waals surface area contributed by atoms with Gasteiger partial charge in [-0.05, 0) is 59.1 Å². The summed E-state index contributed by atoms with van der Waals surface area (Å²) in [6.45, 7) is 13.8. The van der Waals surface area contributed by atoms with Gasteiger partial charge < -0.3 is 14.0 Å². The number of aryl methyl sites for hydroxylation is 1. The zero-order valence-electron chi connectivity index (χ0n) is 32.6. The maximum Gasteiger partial charge on any atom is 0.216 e. The minimum absolute atomic E-state index is 0. The largest absolute Gasteiger partial charge is 0.486 e. The van der Waals surface area contributed by atoms with E-state index in [0.29, 0.717) is 11.6 Å². The Morgan fingerprint density at radius 3 is 2.18 bits per heavy atom. The van der Waals surface area contributed by atoms with Crippen LogP contribution in [0, 0.1) is 12.1 Å². The van der Waals surface area contributed by atoms with Crippen LogP contribution < -0.4 is 5.19 Å². The quantitative estimate of drug-likeness (QED) is 0.118. The molecule has 0 saturated heterocycles. The molecule has 9 aromatic rings. The predicted octanol–water partition coefficient (Wildman–Crippen LogP) is 12.2. The zero-order valence-corrected chi connectivity index (χ0v) is 36.0. The van der Waals surface area contributed by atoms with Crippen molar-refractivity contribution in [1.82, 2.24) is 19.5 Å². The summed E-state index contributed by atoms with van der Waals surface area (Å²) in [5, 5.41) is 3.46. The summed E-state index contributed by atoms with van der Waals surface area (Å²) in [6.07, 6.45) is 3.16. The van der Waals surface area contributed by atoms with E-state index in [4.69, 9.17) is 14.4 Å². The van der Waals surface area contributed by atoms with Gasteiger partial charge in [0.25, 0.3) is 0 Å². The molecule has 0 unspecified atom stereocenters. The van der Waals surface area contributed by atoms with Crippen molar-refractivity contribution >= 4 is 46.4 Å². The fourth-order valence-electron chi connectivity index (χ4n) is 7.34. The molecule has 1 radical (unpaired) electrons. The fourth-order valence-corrected chi connectivity index (χ4v) is 9.00. The van der Waals surface area contributed by atoms with Gasteiger partial charge in [-0.3, -0.25) is 4.98 Å². The Balaban J connectivity index is 0.000000214. The van der Waals surface area contributed by atoms with Crippen LogP contribution in [0.25, 0.3) is 72.7 Å². The molecular weight excluding hydrogens is 881 g/mol. The molecule has 0 bridgehead atoms. The Kier molecular flexibility index (Phi) is 11.3. The third-order valence-corrected chi connectivity index (χ3v) is 12.2. The molecule has 0 saturated carbocycles. The van der Waals surface area contributed by atoms with E-state index < -0.39 is 8.07 Å². The van der Waals surface area contributed by atoms with Crippen molar-refractivity contribution in [3.8, 4) is 39.6 Å². The first-order valence-electron chi connectivity index (χ1n) is 19.0. The minimum Gasteiger partial charge on any atom is -0.486 e. The number of imidazole rings is 1. The van der Waals surface area contributed by atoms with Crippen molar-refractivity contribution in [2.45, 2.75) is 52.8 Å². The van der Waals surface area contributed by atoms with Crippen molar-refractivity contribution in [2.75, 3.05) is 0 Å². The fraction of sp³-hybridized carbons (Fsp3) is 0.163. The molecule has 4 heterocycles. The van der Waals surface area contributed by atoms with Gasteiger partial charge in [-0.1, -0.05) is 124 Å². The van der Waals surface area contributed by atoms with Crippen LogP contribution in [0.5, 0.6) is 0 Å². The second-order valence-electron chi connectivity index (χ2n) is 15.2. The van der Waals surface area contributed by atoms with Gasteiger partial charge in [0.15, 0.2) is 0 Å². The van der Waals surface area contributed by atoms with Gasteiger partial charge in [-0.2, -0.15) is 0 Å². The van der Waals surface area contributed by atoms with Gasteiger partial charge in [0.1, 0.15) is 0 Å². The van der Waals surface area contributed by atoms with Gasteiger partial charge in [0.05, 0.1) is 36.2 Å².